The lowest BCUT2D eigenvalue weighted by atomic mass is 9.93. The Balaban J connectivity index is 0.00000288. The fourth-order valence-electron chi connectivity index (χ4n) is 2.38. The monoisotopic (exact) mass is 482 g/mol. The van der Waals surface area contributed by atoms with Crippen molar-refractivity contribution in [3.8, 4) is 0 Å². The van der Waals surface area contributed by atoms with Crippen molar-refractivity contribution in [3.63, 3.8) is 0 Å². The Morgan fingerprint density at radius 1 is 1.38 bits per heavy atom. The van der Waals surface area contributed by atoms with E-state index in [1.807, 2.05) is 0 Å². The van der Waals surface area contributed by atoms with Crippen LogP contribution in [0.15, 0.2) is 10.4 Å². The average Bonchev–Trinajstić information content (AvgIpc) is 3.15. The first-order chi connectivity index (χ1) is 11.0. The summed E-state index contributed by atoms with van der Waals surface area (Å²) >= 11 is 3.82. The molecule has 2 N–H and O–H groups in total. The van der Waals surface area contributed by atoms with Crippen molar-refractivity contribution in [1.29, 1.82) is 0 Å². The van der Waals surface area contributed by atoms with E-state index in [9.17, 15) is 0 Å². The number of thioether (sulfide) groups is 1. The van der Waals surface area contributed by atoms with Crippen LogP contribution in [0.4, 0.5) is 0 Å². The summed E-state index contributed by atoms with van der Waals surface area (Å²) in [6, 6.07) is 0. The molecule has 0 spiro atoms. The van der Waals surface area contributed by atoms with Crippen LogP contribution in [0.5, 0.6) is 0 Å². The maximum atomic E-state index is 4.75. The quantitative estimate of drug-likeness (QED) is 0.365. The van der Waals surface area contributed by atoms with Gasteiger partial charge >= 0.3 is 0 Å². The molecule has 0 radical (unpaired) electrons. The summed E-state index contributed by atoms with van der Waals surface area (Å²) in [6.07, 6.45) is 3.60. The third-order valence-electron chi connectivity index (χ3n) is 3.77. The summed E-state index contributed by atoms with van der Waals surface area (Å²) < 4.78 is 0. The summed E-state index contributed by atoms with van der Waals surface area (Å²) in [5, 5.41) is 10.9. The first-order valence-electron chi connectivity index (χ1n) is 8.57. The number of aliphatic imine (C=N–C) groups is 1. The van der Waals surface area contributed by atoms with Crippen LogP contribution in [0.3, 0.4) is 0 Å². The van der Waals surface area contributed by atoms with Crippen molar-refractivity contribution >= 4 is 53.0 Å². The standard InChI is InChI=1S/C17H30N4S2.HI/c1-5-18-16(20-11-13-7-6-10-22-13)19-9-8-15-21-14(12-23-15)17(2,3)4;/h12-13H,5-11H2,1-4H3,(H2,18,19,20);1H. The molecule has 1 saturated heterocycles. The van der Waals surface area contributed by atoms with E-state index in [-0.39, 0.29) is 29.4 Å². The molecule has 1 aromatic rings. The first-order valence-corrected chi connectivity index (χ1v) is 10.5. The zero-order valence-electron chi connectivity index (χ0n) is 15.2. The summed E-state index contributed by atoms with van der Waals surface area (Å²) in [6.45, 7) is 11.4. The number of halogens is 1. The predicted molar refractivity (Wildman–Crippen MR) is 119 cm³/mol. The van der Waals surface area contributed by atoms with E-state index in [1.165, 1.54) is 29.3 Å². The molecule has 1 aromatic heterocycles. The molecule has 1 atom stereocenters. The molecule has 2 rings (SSSR count). The van der Waals surface area contributed by atoms with Crippen molar-refractivity contribution in [2.24, 2.45) is 4.99 Å². The lowest BCUT2D eigenvalue weighted by Crippen LogP contribution is -2.38. The van der Waals surface area contributed by atoms with E-state index in [0.717, 1.165) is 32.0 Å². The number of rotatable bonds is 6. The van der Waals surface area contributed by atoms with Gasteiger partial charge in [-0.2, -0.15) is 11.8 Å². The summed E-state index contributed by atoms with van der Waals surface area (Å²) in [5.74, 6) is 2.23. The summed E-state index contributed by atoms with van der Waals surface area (Å²) in [5.41, 5.74) is 1.33. The van der Waals surface area contributed by atoms with E-state index in [4.69, 9.17) is 9.98 Å². The zero-order valence-corrected chi connectivity index (χ0v) is 19.2. The molecule has 1 aliphatic heterocycles. The van der Waals surface area contributed by atoms with Gasteiger partial charge in [0.1, 0.15) is 0 Å². The Labute approximate surface area is 172 Å². The number of guanidine groups is 1. The molecule has 1 unspecified atom stereocenters. The highest BCUT2D eigenvalue weighted by Gasteiger charge is 2.17. The van der Waals surface area contributed by atoms with Crippen molar-refractivity contribution in [2.45, 2.75) is 57.6 Å². The number of hydrogen-bond acceptors (Lipinski definition) is 4. The minimum Gasteiger partial charge on any atom is -0.357 e. The molecule has 0 bridgehead atoms. The Morgan fingerprint density at radius 2 is 2.17 bits per heavy atom. The predicted octanol–water partition coefficient (Wildman–Crippen LogP) is 4.05. The maximum Gasteiger partial charge on any atom is 0.191 e. The molecule has 1 fully saturated rings. The largest absolute Gasteiger partial charge is 0.357 e. The fraction of sp³-hybridized carbons (Fsp3) is 0.765. The summed E-state index contributed by atoms with van der Waals surface area (Å²) in [4.78, 5) is 9.48. The third-order valence-corrected chi connectivity index (χ3v) is 6.06. The van der Waals surface area contributed by atoms with Gasteiger partial charge in [-0.05, 0) is 25.5 Å². The maximum absolute atomic E-state index is 4.75. The van der Waals surface area contributed by atoms with E-state index in [1.54, 1.807) is 11.3 Å². The Kier molecular flexibility index (Phi) is 9.96. The topological polar surface area (TPSA) is 49.3 Å². The molecule has 0 aromatic carbocycles. The van der Waals surface area contributed by atoms with Gasteiger partial charge in [0.2, 0.25) is 0 Å². The Hall–Kier alpha value is -0.0200. The van der Waals surface area contributed by atoms with Gasteiger partial charge < -0.3 is 10.6 Å². The van der Waals surface area contributed by atoms with E-state index in [0.29, 0.717) is 5.25 Å². The van der Waals surface area contributed by atoms with Crippen LogP contribution in [0.1, 0.15) is 51.2 Å². The lowest BCUT2D eigenvalue weighted by molar-refractivity contribution is 0.570. The SMILES string of the molecule is CCNC(=NCC1CCCS1)NCCc1nc(C(C)(C)C)cs1.I. The fourth-order valence-corrected chi connectivity index (χ4v) is 4.59. The highest BCUT2D eigenvalue weighted by atomic mass is 127. The van der Waals surface area contributed by atoms with E-state index < -0.39 is 0 Å². The molecule has 0 amide bonds. The van der Waals surface area contributed by atoms with Crippen molar-refractivity contribution < 1.29 is 0 Å². The zero-order chi connectivity index (χ0) is 16.7. The van der Waals surface area contributed by atoms with Crippen LogP contribution in [0.25, 0.3) is 0 Å². The van der Waals surface area contributed by atoms with Gasteiger partial charge in [0.25, 0.3) is 0 Å². The van der Waals surface area contributed by atoms with Gasteiger partial charge in [-0.1, -0.05) is 20.8 Å². The second-order valence-corrected chi connectivity index (χ2v) is 9.26. The second kappa shape index (κ2) is 10.9. The highest BCUT2D eigenvalue weighted by molar-refractivity contribution is 14.0. The van der Waals surface area contributed by atoms with E-state index >= 15 is 0 Å². The normalized spacial score (nSPS) is 18.3. The molecule has 138 valence electrons. The van der Waals surface area contributed by atoms with Gasteiger partial charge in [-0.25, -0.2) is 4.98 Å². The average molecular weight is 483 g/mol. The summed E-state index contributed by atoms with van der Waals surface area (Å²) in [7, 11) is 0. The van der Waals surface area contributed by atoms with Crippen LogP contribution >= 0.6 is 47.1 Å². The van der Waals surface area contributed by atoms with Crippen LogP contribution in [-0.2, 0) is 11.8 Å². The van der Waals surface area contributed by atoms with Crippen LogP contribution in [0, 0.1) is 0 Å². The Bertz CT molecular complexity index is 505. The van der Waals surface area contributed by atoms with Crippen molar-refractivity contribution in [2.75, 3.05) is 25.4 Å². The molecular formula is C17H31IN4S2. The molecule has 24 heavy (non-hydrogen) atoms. The minimum absolute atomic E-state index is 0. The highest BCUT2D eigenvalue weighted by Crippen LogP contribution is 2.26. The van der Waals surface area contributed by atoms with Gasteiger partial charge in [-0.15, -0.1) is 35.3 Å². The van der Waals surface area contributed by atoms with Crippen molar-refractivity contribution in [1.82, 2.24) is 15.6 Å². The molecular weight excluding hydrogens is 451 g/mol. The molecule has 0 saturated carbocycles. The van der Waals surface area contributed by atoms with Crippen molar-refractivity contribution in [3.05, 3.63) is 16.1 Å². The van der Waals surface area contributed by atoms with Gasteiger partial charge in [0, 0.05) is 35.6 Å². The van der Waals surface area contributed by atoms with Gasteiger partial charge in [0.15, 0.2) is 5.96 Å². The number of aromatic nitrogens is 1. The Morgan fingerprint density at radius 3 is 2.75 bits per heavy atom. The smallest absolute Gasteiger partial charge is 0.191 e. The molecule has 2 heterocycles. The third kappa shape index (κ3) is 7.47. The molecule has 4 nitrogen and oxygen atoms in total. The number of nitrogens with zero attached hydrogens (tertiary/aromatic N) is 2. The van der Waals surface area contributed by atoms with Crippen LogP contribution in [-0.4, -0.2) is 41.6 Å². The first kappa shape index (κ1) is 22.0. The number of thiazole rings is 1. The van der Waals surface area contributed by atoms with Crippen LogP contribution < -0.4 is 10.6 Å². The molecule has 7 heteroatoms. The second-order valence-electron chi connectivity index (χ2n) is 6.91. The van der Waals surface area contributed by atoms with Gasteiger partial charge in [0.05, 0.1) is 17.2 Å². The van der Waals surface area contributed by atoms with Gasteiger partial charge in [-0.3, -0.25) is 4.99 Å². The van der Waals surface area contributed by atoms with Crippen LogP contribution in [0.2, 0.25) is 0 Å². The number of nitrogens with one attached hydrogen (secondary N) is 2. The molecule has 1 aliphatic rings. The minimum atomic E-state index is 0. The van der Waals surface area contributed by atoms with E-state index in [2.05, 4.69) is 55.5 Å². The number of hydrogen-bond donors (Lipinski definition) is 2. The lowest BCUT2D eigenvalue weighted by Gasteiger charge is -2.14. The molecule has 0 aliphatic carbocycles.